The van der Waals surface area contributed by atoms with Crippen LogP contribution in [0, 0.1) is 0 Å². The topological polar surface area (TPSA) is 68.2 Å². The van der Waals surface area contributed by atoms with Gasteiger partial charge < -0.3 is 24.4 Å². The molecule has 0 saturated heterocycles. The van der Waals surface area contributed by atoms with Crippen LogP contribution in [0.4, 0.5) is 0 Å². The van der Waals surface area contributed by atoms with Crippen molar-refractivity contribution in [3.8, 4) is 0 Å². The SMILES string of the molecule is CCCCCCOCC.OCCOCCOCCO. The standard InChI is InChI=1S/C8H18O.C6H14O4/c1-3-5-6-7-8-9-4-2;7-1-3-9-5-6-10-4-2-8/h3-8H2,1-2H3;7-8H,1-6H2. The molecule has 118 valence electrons. The molecule has 5 heteroatoms. The molecule has 0 atom stereocenters. The molecule has 2 N–H and O–H groups in total. The predicted octanol–water partition coefficient (Wildman–Crippen LogP) is 1.61. The largest absolute Gasteiger partial charge is 0.394 e. The molecule has 0 fully saturated rings. The molecule has 0 rings (SSSR count). The molecule has 0 spiro atoms. The summed E-state index contributed by atoms with van der Waals surface area (Å²) in [6, 6.07) is 0. The second kappa shape index (κ2) is 22.9. The van der Waals surface area contributed by atoms with Gasteiger partial charge in [-0.2, -0.15) is 0 Å². The molecule has 0 radical (unpaired) electrons. The second-order valence-corrected chi connectivity index (χ2v) is 3.93. The zero-order chi connectivity index (χ0) is 14.6. The summed E-state index contributed by atoms with van der Waals surface area (Å²) in [7, 11) is 0. The minimum Gasteiger partial charge on any atom is -0.394 e. The molecule has 0 amide bonds. The van der Waals surface area contributed by atoms with Gasteiger partial charge in [-0.3, -0.25) is 0 Å². The van der Waals surface area contributed by atoms with E-state index in [0.29, 0.717) is 26.4 Å². The van der Waals surface area contributed by atoms with Gasteiger partial charge in [0.15, 0.2) is 0 Å². The number of hydrogen-bond acceptors (Lipinski definition) is 5. The van der Waals surface area contributed by atoms with Crippen LogP contribution in [0.3, 0.4) is 0 Å². The Labute approximate surface area is 117 Å². The maximum atomic E-state index is 8.26. The van der Waals surface area contributed by atoms with Crippen LogP contribution in [0.1, 0.15) is 39.5 Å². The fourth-order valence-corrected chi connectivity index (χ4v) is 1.23. The molecule has 0 bridgehead atoms. The highest BCUT2D eigenvalue weighted by Crippen LogP contribution is 1.98. The van der Waals surface area contributed by atoms with Gasteiger partial charge in [0, 0.05) is 13.2 Å². The molecule has 0 saturated carbocycles. The lowest BCUT2D eigenvalue weighted by molar-refractivity contribution is 0.0222. The monoisotopic (exact) mass is 280 g/mol. The summed E-state index contributed by atoms with van der Waals surface area (Å²) in [5.41, 5.74) is 0. The van der Waals surface area contributed by atoms with Crippen LogP contribution in [-0.2, 0) is 14.2 Å². The van der Waals surface area contributed by atoms with Crippen molar-refractivity contribution in [1.82, 2.24) is 0 Å². The Bertz CT molecular complexity index is 119. The average molecular weight is 280 g/mol. The molecule has 0 unspecified atom stereocenters. The molecule has 0 aliphatic heterocycles. The molecule has 0 aromatic rings. The minimum absolute atomic E-state index is 0.0417. The number of hydrogen-bond donors (Lipinski definition) is 2. The lowest BCUT2D eigenvalue weighted by Gasteiger charge is -2.01. The number of unbranched alkanes of at least 4 members (excludes halogenated alkanes) is 3. The Morgan fingerprint density at radius 2 is 1.21 bits per heavy atom. The van der Waals surface area contributed by atoms with Crippen LogP contribution in [0.15, 0.2) is 0 Å². The summed E-state index contributed by atoms with van der Waals surface area (Å²) in [5, 5.41) is 16.5. The molecule has 5 nitrogen and oxygen atoms in total. The fraction of sp³-hybridized carbons (Fsp3) is 1.00. The summed E-state index contributed by atoms with van der Waals surface area (Å²) in [4.78, 5) is 0. The molecule has 0 aromatic carbocycles. The Kier molecular flexibility index (Phi) is 25.5. The first kappa shape index (κ1) is 21.1. The Morgan fingerprint density at radius 1 is 0.632 bits per heavy atom. The van der Waals surface area contributed by atoms with Crippen LogP contribution in [0.5, 0.6) is 0 Å². The van der Waals surface area contributed by atoms with E-state index in [4.69, 9.17) is 24.4 Å². The molecule has 19 heavy (non-hydrogen) atoms. The van der Waals surface area contributed by atoms with Gasteiger partial charge in [-0.15, -0.1) is 0 Å². The van der Waals surface area contributed by atoms with E-state index in [2.05, 4.69) is 6.92 Å². The van der Waals surface area contributed by atoms with Gasteiger partial charge in [0.05, 0.1) is 39.6 Å². The molecular weight excluding hydrogens is 248 g/mol. The van der Waals surface area contributed by atoms with E-state index in [0.717, 1.165) is 13.2 Å². The quantitative estimate of drug-likeness (QED) is 0.502. The van der Waals surface area contributed by atoms with E-state index in [9.17, 15) is 0 Å². The van der Waals surface area contributed by atoms with Gasteiger partial charge in [-0.05, 0) is 13.3 Å². The van der Waals surface area contributed by atoms with Crippen molar-refractivity contribution in [1.29, 1.82) is 0 Å². The van der Waals surface area contributed by atoms with Gasteiger partial charge in [-0.1, -0.05) is 26.2 Å². The first-order valence-electron chi connectivity index (χ1n) is 7.28. The number of ether oxygens (including phenoxy) is 3. The van der Waals surface area contributed by atoms with E-state index in [1.165, 1.54) is 25.7 Å². The van der Waals surface area contributed by atoms with Crippen molar-refractivity contribution in [2.45, 2.75) is 39.5 Å². The Hall–Kier alpha value is -0.200. The molecule has 0 aromatic heterocycles. The fourth-order valence-electron chi connectivity index (χ4n) is 1.23. The third kappa shape index (κ3) is 27.1. The highest BCUT2D eigenvalue weighted by Gasteiger charge is 1.87. The third-order valence-corrected chi connectivity index (χ3v) is 2.19. The summed E-state index contributed by atoms with van der Waals surface area (Å²) >= 11 is 0. The van der Waals surface area contributed by atoms with Crippen molar-refractivity contribution < 1.29 is 24.4 Å². The van der Waals surface area contributed by atoms with E-state index >= 15 is 0 Å². The van der Waals surface area contributed by atoms with Crippen molar-refractivity contribution >= 4 is 0 Å². The second-order valence-electron chi connectivity index (χ2n) is 3.93. The smallest absolute Gasteiger partial charge is 0.0701 e. The Morgan fingerprint density at radius 3 is 1.63 bits per heavy atom. The molecule has 0 aliphatic rings. The third-order valence-electron chi connectivity index (χ3n) is 2.19. The highest BCUT2D eigenvalue weighted by molar-refractivity contribution is 4.38. The normalized spacial score (nSPS) is 10.1. The number of rotatable bonds is 13. The van der Waals surface area contributed by atoms with Crippen molar-refractivity contribution in [2.24, 2.45) is 0 Å². The van der Waals surface area contributed by atoms with E-state index in [1.807, 2.05) is 6.92 Å². The molecular formula is C14H32O5. The van der Waals surface area contributed by atoms with Crippen LogP contribution in [0.2, 0.25) is 0 Å². The predicted molar refractivity (Wildman–Crippen MR) is 76.4 cm³/mol. The van der Waals surface area contributed by atoms with Crippen molar-refractivity contribution in [2.75, 3.05) is 52.9 Å². The van der Waals surface area contributed by atoms with Gasteiger partial charge in [0.2, 0.25) is 0 Å². The lowest BCUT2D eigenvalue weighted by Crippen LogP contribution is -2.09. The van der Waals surface area contributed by atoms with E-state index < -0.39 is 0 Å². The van der Waals surface area contributed by atoms with Crippen LogP contribution >= 0.6 is 0 Å². The van der Waals surface area contributed by atoms with Crippen LogP contribution in [-0.4, -0.2) is 63.1 Å². The summed E-state index contributed by atoms with van der Waals surface area (Å²) in [6.45, 7) is 7.81. The first-order chi connectivity index (χ1) is 9.33. The zero-order valence-electron chi connectivity index (χ0n) is 12.6. The van der Waals surface area contributed by atoms with Gasteiger partial charge in [0.1, 0.15) is 0 Å². The summed E-state index contributed by atoms with van der Waals surface area (Å²) in [6.07, 6.45) is 5.23. The van der Waals surface area contributed by atoms with Gasteiger partial charge in [0.25, 0.3) is 0 Å². The maximum Gasteiger partial charge on any atom is 0.0701 e. The number of aliphatic hydroxyl groups is 2. The maximum absolute atomic E-state index is 8.26. The zero-order valence-corrected chi connectivity index (χ0v) is 12.6. The van der Waals surface area contributed by atoms with Gasteiger partial charge >= 0.3 is 0 Å². The first-order valence-corrected chi connectivity index (χ1v) is 7.28. The van der Waals surface area contributed by atoms with Crippen molar-refractivity contribution in [3.05, 3.63) is 0 Å². The lowest BCUT2D eigenvalue weighted by atomic mass is 10.2. The highest BCUT2D eigenvalue weighted by atomic mass is 16.5. The van der Waals surface area contributed by atoms with Crippen molar-refractivity contribution in [3.63, 3.8) is 0 Å². The van der Waals surface area contributed by atoms with E-state index in [-0.39, 0.29) is 13.2 Å². The number of aliphatic hydroxyl groups excluding tert-OH is 2. The van der Waals surface area contributed by atoms with Gasteiger partial charge in [-0.25, -0.2) is 0 Å². The Balaban J connectivity index is 0. The van der Waals surface area contributed by atoms with E-state index in [1.54, 1.807) is 0 Å². The average Bonchev–Trinajstić information content (AvgIpc) is 2.43. The summed E-state index contributed by atoms with van der Waals surface area (Å²) < 4.78 is 14.9. The van der Waals surface area contributed by atoms with Crippen LogP contribution < -0.4 is 0 Å². The minimum atomic E-state index is 0.0417. The van der Waals surface area contributed by atoms with Crippen LogP contribution in [0.25, 0.3) is 0 Å². The molecule has 0 aliphatic carbocycles. The summed E-state index contributed by atoms with van der Waals surface area (Å²) in [5.74, 6) is 0. The molecule has 0 heterocycles.